The van der Waals surface area contributed by atoms with Crippen LogP contribution < -0.4 is 5.73 Å². The largest absolute Gasteiger partial charge is 0.476 e. The predicted octanol–water partition coefficient (Wildman–Crippen LogP) is 2.40. The van der Waals surface area contributed by atoms with Gasteiger partial charge in [-0.15, -0.1) is 11.3 Å². The first kappa shape index (κ1) is 10.6. The number of carbonyl (C=O) groups is 1. The molecule has 0 spiro atoms. The highest BCUT2D eigenvalue weighted by Crippen LogP contribution is 2.26. The third-order valence-electron chi connectivity index (χ3n) is 2.11. The van der Waals surface area contributed by atoms with Crippen LogP contribution in [-0.2, 0) is 0 Å². The van der Waals surface area contributed by atoms with E-state index in [-0.39, 0.29) is 11.4 Å². The van der Waals surface area contributed by atoms with Gasteiger partial charge in [-0.1, -0.05) is 0 Å². The smallest absolute Gasteiger partial charge is 0.356 e. The van der Waals surface area contributed by atoms with E-state index in [9.17, 15) is 4.79 Å². The Labute approximate surface area is 96.4 Å². The van der Waals surface area contributed by atoms with Gasteiger partial charge in [0.15, 0.2) is 5.69 Å². The number of hydrogen-bond donors (Lipinski definition) is 2. The lowest BCUT2D eigenvalue weighted by atomic mass is 10.2. The summed E-state index contributed by atoms with van der Waals surface area (Å²) in [5.74, 6) is -1.10. The van der Waals surface area contributed by atoms with E-state index in [0.717, 1.165) is 10.4 Å². The second-order valence-corrected chi connectivity index (χ2v) is 4.34. The molecule has 0 atom stereocenters. The molecule has 82 valence electrons. The fourth-order valence-corrected chi connectivity index (χ4v) is 2.21. The van der Waals surface area contributed by atoms with Crippen LogP contribution in [0.4, 0.5) is 5.69 Å². The number of carboxylic acids is 1. The van der Waals surface area contributed by atoms with Crippen molar-refractivity contribution >= 4 is 23.0 Å². The zero-order valence-electron chi connectivity index (χ0n) is 8.60. The van der Waals surface area contributed by atoms with Crippen LogP contribution in [0, 0.1) is 6.92 Å². The number of aryl methyl sites for hydroxylation is 1. The highest BCUT2D eigenvalue weighted by atomic mass is 32.1. The second kappa shape index (κ2) is 3.94. The minimum Gasteiger partial charge on any atom is -0.476 e. The molecule has 0 radical (unpaired) electrons. The van der Waals surface area contributed by atoms with E-state index in [4.69, 9.17) is 10.8 Å². The number of carboxylic acid groups (broad SMARTS) is 1. The summed E-state index contributed by atoms with van der Waals surface area (Å²) < 4.78 is 0. The molecule has 2 rings (SSSR count). The van der Waals surface area contributed by atoms with Gasteiger partial charge in [-0.3, -0.25) is 0 Å². The van der Waals surface area contributed by atoms with Gasteiger partial charge in [-0.2, -0.15) is 0 Å². The lowest BCUT2D eigenvalue weighted by Gasteiger charge is -2.02. The number of anilines is 1. The molecule has 0 fully saturated rings. The van der Waals surface area contributed by atoms with Gasteiger partial charge in [0.25, 0.3) is 0 Å². The average Bonchev–Trinajstić information content (AvgIpc) is 2.65. The van der Waals surface area contributed by atoms with Crippen LogP contribution in [0.15, 0.2) is 23.6 Å². The molecule has 0 aliphatic carbocycles. The van der Waals surface area contributed by atoms with Crippen LogP contribution in [0.25, 0.3) is 10.6 Å². The summed E-state index contributed by atoms with van der Waals surface area (Å²) in [7, 11) is 0. The van der Waals surface area contributed by atoms with Crippen molar-refractivity contribution in [1.82, 2.24) is 4.98 Å². The van der Waals surface area contributed by atoms with Crippen LogP contribution in [0.2, 0.25) is 0 Å². The van der Waals surface area contributed by atoms with Crippen molar-refractivity contribution < 1.29 is 9.90 Å². The van der Waals surface area contributed by atoms with Gasteiger partial charge in [-0.25, -0.2) is 9.78 Å². The first-order valence-corrected chi connectivity index (χ1v) is 5.51. The molecule has 0 saturated heterocycles. The SMILES string of the molecule is Cc1csc(-c2ccc(N)c(C(=O)O)n2)c1. The van der Waals surface area contributed by atoms with Gasteiger partial charge in [0.05, 0.1) is 16.3 Å². The Morgan fingerprint density at radius 1 is 1.50 bits per heavy atom. The van der Waals surface area contributed by atoms with Crippen molar-refractivity contribution in [2.75, 3.05) is 5.73 Å². The second-order valence-electron chi connectivity index (χ2n) is 3.43. The van der Waals surface area contributed by atoms with Crippen LogP contribution in [0.3, 0.4) is 0 Å². The molecule has 2 heterocycles. The molecule has 0 saturated carbocycles. The Morgan fingerprint density at radius 2 is 2.25 bits per heavy atom. The van der Waals surface area contributed by atoms with E-state index in [1.165, 1.54) is 11.3 Å². The predicted molar refractivity (Wildman–Crippen MR) is 63.7 cm³/mol. The molecule has 0 aliphatic heterocycles. The number of pyridine rings is 1. The van der Waals surface area contributed by atoms with E-state index in [1.54, 1.807) is 12.1 Å². The molecule has 2 aromatic rings. The quantitative estimate of drug-likeness (QED) is 0.836. The molecule has 0 aromatic carbocycles. The Balaban J connectivity index is 2.51. The molecule has 3 N–H and O–H groups in total. The minimum atomic E-state index is -1.10. The lowest BCUT2D eigenvalue weighted by Crippen LogP contribution is -2.05. The third-order valence-corrected chi connectivity index (χ3v) is 3.18. The van der Waals surface area contributed by atoms with Crippen molar-refractivity contribution in [3.8, 4) is 10.6 Å². The highest BCUT2D eigenvalue weighted by molar-refractivity contribution is 7.13. The summed E-state index contributed by atoms with van der Waals surface area (Å²) in [5, 5.41) is 10.9. The first-order chi connectivity index (χ1) is 7.58. The maximum atomic E-state index is 10.9. The summed E-state index contributed by atoms with van der Waals surface area (Å²) in [6, 6.07) is 5.27. The van der Waals surface area contributed by atoms with Crippen molar-refractivity contribution in [2.45, 2.75) is 6.92 Å². The van der Waals surface area contributed by atoms with Crippen LogP contribution in [0.1, 0.15) is 16.1 Å². The molecule has 4 nitrogen and oxygen atoms in total. The van der Waals surface area contributed by atoms with Gasteiger partial charge in [0.1, 0.15) is 0 Å². The summed E-state index contributed by atoms with van der Waals surface area (Å²) in [6.45, 7) is 1.98. The number of rotatable bonds is 2. The van der Waals surface area contributed by atoms with Crippen LogP contribution in [-0.4, -0.2) is 16.1 Å². The van der Waals surface area contributed by atoms with E-state index < -0.39 is 5.97 Å². The van der Waals surface area contributed by atoms with Gasteiger partial charge in [0.2, 0.25) is 0 Å². The maximum Gasteiger partial charge on any atom is 0.356 e. The number of nitrogens with zero attached hydrogens (tertiary/aromatic N) is 1. The van der Waals surface area contributed by atoms with Gasteiger partial charge < -0.3 is 10.8 Å². The molecule has 0 amide bonds. The number of thiophene rings is 1. The summed E-state index contributed by atoms with van der Waals surface area (Å²) >= 11 is 1.53. The Morgan fingerprint density at radius 3 is 2.81 bits per heavy atom. The third kappa shape index (κ3) is 1.90. The van der Waals surface area contributed by atoms with E-state index in [1.807, 2.05) is 18.4 Å². The number of aromatic carboxylic acids is 1. The monoisotopic (exact) mass is 234 g/mol. The topological polar surface area (TPSA) is 76.2 Å². The van der Waals surface area contributed by atoms with Crippen molar-refractivity contribution in [3.05, 3.63) is 34.8 Å². The van der Waals surface area contributed by atoms with E-state index in [0.29, 0.717) is 5.69 Å². The number of nitrogen functional groups attached to an aromatic ring is 1. The minimum absolute atomic E-state index is 0.0939. The average molecular weight is 234 g/mol. The number of hydrogen-bond acceptors (Lipinski definition) is 4. The lowest BCUT2D eigenvalue weighted by molar-refractivity contribution is 0.0692. The Bertz CT molecular complexity index is 549. The standard InChI is InChI=1S/C11H10N2O2S/c1-6-4-9(16-5-6)8-3-2-7(12)10(13-8)11(14)15/h2-5H,12H2,1H3,(H,14,15). The van der Waals surface area contributed by atoms with Crippen LogP contribution in [0.5, 0.6) is 0 Å². The van der Waals surface area contributed by atoms with Crippen LogP contribution >= 0.6 is 11.3 Å². The van der Waals surface area contributed by atoms with E-state index >= 15 is 0 Å². The molecule has 0 aliphatic rings. The highest BCUT2D eigenvalue weighted by Gasteiger charge is 2.12. The first-order valence-electron chi connectivity index (χ1n) is 4.63. The zero-order valence-corrected chi connectivity index (χ0v) is 9.41. The molecule has 0 bridgehead atoms. The Hall–Kier alpha value is -1.88. The molecular weight excluding hydrogens is 224 g/mol. The number of aromatic nitrogens is 1. The normalized spacial score (nSPS) is 10.3. The fraction of sp³-hybridized carbons (Fsp3) is 0.0909. The van der Waals surface area contributed by atoms with Gasteiger partial charge >= 0.3 is 5.97 Å². The molecular formula is C11H10N2O2S. The molecule has 2 aromatic heterocycles. The summed E-state index contributed by atoms with van der Waals surface area (Å²) in [6.07, 6.45) is 0. The van der Waals surface area contributed by atoms with Gasteiger partial charge in [0, 0.05) is 0 Å². The summed E-state index contributed by atoms with van der Waals surface area (Å²) in [5.41, 5.74) is 7.40. The van der Waals surface area contributed by atoms with Crippen molar-refractivity contribution in [2.24, 2.45) is 0 Å². The molecule has 5 heteroatoms. The maximum absolute atomic E-state index is 10.9. The molecule has 16 heavy (non-hydrogen) atoms. The number of nitrogens with two attached hydrogens (primary N) is 1. The molecule has 0 unspecified atom stereocenters. The van der Waals surface area contributed by atoms with Crippen molar-refractivity contribution in [1.29, 1.82) is 0 Å². The van der Waals surface area contributed by atoms with Gasteiger partial charge in [-0.05, 0) is 36.1 Å². The van der Waals surface area contributed by atoms with E-state index in [2.05, 4.69) is 4.98 Å². The van der Waals surface area contributed by atoms with Crippen molar-refractivity contribution in [3.63, 3.8) is 0 Å². The zero-order chi connectivity index (χ0) is 11.7. The fourth-order valence-electron chi connectivity index (χ4n) is 1.34. The summed E-state index contributed by atoms with van der Waals surface area (Å²) in [4.78, 5) is 15.9. The Kier molecular flexibility index (Phi) is 2.62.